The van der Waals surface area contributed by atoms with Crippen LogP contribution in [0.15, 0.2) is 35.2 Å². The third kappa shape index (κ3) is 4.32. The largest absolute Gasteiger partial charge is 0.495 e. The molecular formula is C17H15Cl2NO7S. The summed E-state index contributed by atoms with van der Waals surface area (Å²) in [6, 6.07) is 6.20. The van der Waals surface area contributed by atoms with Crippen molar-refractivity contribution in [3.8, 4) is 5.75 Å². The van der Waals surface area contributed by atoms with Gasteiger partial charge in [0.15, 0.2) is 0 Å². The third-order valence-corrected chi connectivity index (χ3v) is 6.00. The van der Waals surface area contributed by atoms with Gasteiger partial charge < -0.3 is 14.2 Å². The first-order valence-electron chi connectivity index (χ1n) is 7.51. The van der Waals surface area contributed by atoms with Crippen LogP contribution in [0.3, 0.4) is 0 Å². The van der Waals surface area contributed by atoms with E-state index in [9.17, 15) is 18.0 Å². The summed E-state index contributed by atoms with van der Waals surface area (Å²) in [4.78, 5) is 23.4. The lowest BCUT2D eigenvalue weighted by Crippen LogP contribution is -2.17. The fourth-order valence-electron chi connectivity index (χ4n) is 2.24. The molecule has 0 fully saturated rings. The van der Waals surface area contributed by atoms with Gasteiger partial charge in [0.05, 0.1) is 43.2 Å². The highest BCUT2D eigenvalue weighted by Crippen LogP contribution is 2.37. The van der Waals surface area contributed by atoms with Gasteiger partial charge in [-0.15, -0.1) is 0 Å². The van der Waals surface area contributed by atoms with E-state index in [1.807, 2.05) is 0 Å². The third-order valence-electron chi connectivity index (χ3n) is 3.61. The maximum atomic E-state index is 12.8. The summed E-state index contributed by atoms with van der Waals surface area (Å²) in [5, 5.41) is -0.360. The van der Waals surface area contributed by atoms with Crippen molar-refractivity contribution in [2.24, 2.45) is 0 Å². The Morgan fingerprint density at radius 3 is 2.14 bits per heavy atom. The Morgan fingerprint density at radius 1 is 0.929 bits per heavy atom. The molecule has 11 heteroatoms. The molecule has 0 amide bonds. The molecule has 0 unspecified atom stereocenters. The van der Waals surface area contributed by atoms with Gasteiger partial charge in [0, 0.05) is 0 Å². The maximum Gasteiger partial charge on any atom is 0.339 e. The van der Waals surface area contributed by atoms with Crippen LogP contribution in [0.4, 0.5) is 5.69 Å². The van der Waals surface area contributed by atoms with E-state index in [0.29, 0.717) is 0 Å². The van der Waals surface area contributed by atoms with E-state index in [2.05, 4.69) is 14.2 Å². The molecule has 0 heterocycles. The van der Waals surface area contributed by atoms with E-state index in [-0.39, 0.29) is 37.5 Å². The molecule has 0 atom stereocenters. The van der Waals surface area contributed by atoms with Crippen LogP contribution in [0.5, 0.6) is 5.75 Å². The summed E-state index contributed by atoms with van der Waals surface area (Å²) in [6.07, 6.45) is 0. The van der Waals surface area contributed by atoms with E-state index in [0.717, 1.165) is 13.2 Å². The van der Waals surface area contributed by atoms with Crippen molar-refractivity contribution in [3.63, 3.8) is 0 Å². The minimum Gasteiger partial charge on any atom is -0.495 e. The smallest absolute Gasteiger partial charge is 0.339 e. The predicted molar refractivity (Wildman–Crippen MR) is 103 cm³/mol. The number of hydrogen-bond acceptors (Lipinski definition) is 7. The van der Waals surface area contributed by atoms with Gasteiger partial charge in [0.1, 0.15) is 15.7 Å². The second-order valence-electron chi connectivity index (χ2n) is 5.24. The van der Waals surface area contributed by atoms with Gasteiger partial charge in [-0.1, -0.05) is 23.2 Å². The van der Waals surface area contributed by atoms with E-state index >= 15 is 0 Å². The number of esters is 2. The number of ether oxygens (including phenoxy) is 3. The highest BCUT2D eigenvalue weighted by molar-refractivity contribution is 7.92. The van der Waals surface area contributed by atoms with Gasteiger partial charge >= 0.3 is 11.9 Å². The number of halogens is 2. The van der Waals surface area contributed by atoms with Crippen LogP contribution in [0.2, 0.25) is 10.0 Å². The summed E-state index contributed by atoms with van der Waals surface area (Å²) in [5.41, 5.74) is -0.293. The standard InChI is InChI=1S/C17H15Cl2NO7S/c1-25-12-6-7-13(15(19)14(12)18)28(23,24)20-11-8-9(16(21)26-2)4-5-10(11)17(22)27-3/h4-8,20H,1-3H3. The number of benzene rings is 2. The van der Waals surface area contributed by atoms with Gasteiger partial charge in [-0.2, -0.15) is 0 Å². The van der Waals surface area contributed by atoms with Crippen LogP contribution in [0, 0.1) is 0 Å². The molecule has 2 rings (SSSR count). The number of carbonyl (C=O) groups is 2. The molecule has 0 spiro atoms. The van der Waals surface area contributed by atoms with Crippen LogP contribution < -0.4 is 9.46 Å². The molecule has 0 aliphatic rings. The Hall–Kier alpha value is -2.49. The second kappa shape index (κ2) is 8.68. The number of sulfonamides is 1. The highest BCUT2D eigenvalue weighted by Gasteiger charge is 2.25. The number of nitrogens with one attached hydrogen (secondary N) is 1. The first-order valence-corrected chi connectivity index (χ1v) is 9.75. The fraction of sp³-hybridized carbons (Fsp3) is 0.176. The van der Waals surface area contributed by atoms with Crippen molar-refractivity contribution in [3.05, 3.63) is 51.5 Å². The van der Waals surface area contributed by atoms with Crippen molar-refractivity contribution in [1.29, 1.82) is 0 Å². The average molecular weight is 448 g/mol. The zero-order chi connectivity index (χ0) is 21.1. The van der Waals surface area contributed by atoms with Crippen molar-refractivity contribution in [2.45, 2.75) is 4.90 Å². The lowest BCUT2D eigenvalue weighted by Gasteiger charge is -2.15. The van der Waals surface area contributed by atoms with Crippen molar-refractivity contribution in [2.75, 3.05) is 26.1 Å². The van der Waals surface area contributed by atoms with Gasteiger partial charge in [-0.3, -0.25) is 4.72 Å². The minimum atomic E-state index is -4.29. The first-order chi connectivity index (χ1) is 13.2. The number of methoxy groups -OCH3 is 3. The molecule has 0 bridgehead atoms. The highest BCUT2D eigenvalue weighted by atomic mass is 35.5. The number of anilines is 1. The van der Waals surface area contributed by atoms with Crippen LogP contribution in [-0.4, -0.2) is 41.7 Å². The number of carbonyl (C=O) groups excluding carboxylic acids is 2. The SMILES string of the molecule is COC(=O)c1ccc(C(=O)OC)c(NS(=O)(=O)c2ccc(OC)c(Cl)c2Cl)c1. The molecule has 0 aromatic heterocycles. The zero-order valence-electron chi connectivity index (χ0n) is 14.9. The minimum absolute atomic E-state index is 0.0201. The fourth-order valence-corrected chi connectivity index (χ4v) is 4.15. The Balaban J connectivity index is 2.57. The van der Waals surface area contributed by atoms with Crippen LogP contribution >= 0.6 is 23.2 Å². The summed E-state index contributed by atoms with van der Waals surface area (Å²) in [5.74, 6) is -1.34. The zero-order valence-corrected chi connectivity index (χ0v) is 17.2. The Morgan fingerprint density at radius 2 is 1.57 bits per heavy atom. The normalized spacial score (nSPS) is 10.9. The van der Waals surface area contributed by atoms with Gasteiger partial charge in [0.25, 0.3) is 10.0 Å². The van der Waals surface area contributed by atoms with Crippen molar-refractivity contribution in [1.82, 2.24) is 0 Å². The molecule has 0 aliphatic heterocycles. The quantitative estimate of drug-likeness (QED) is 0.675. The number of rotatable bonds is 6. The predicted octanol–water partition coefficient (Wildman–Crippen LogP) is 3.38. The van der Waals surface area contributed by atoms with Crippen molar-refractivity contribution >= 4 is 50.9 Å². The molecule has 0 aliphatic carbocycles. The molecule has 0 radical (unpaired) electrons. The molecular weight excluding hydrogens is 433 g/mol. The second-order valence-corrected chi connectivity index (χ2v) is 7.65. The van der Waals surface area contributed by atoms with E-state index in [1.54, 1.807) is 0 Å². The molecule has 2 aromatic carbocycles. The summed E-state index contributed by atoms with van der Waals surface area (Å²) in [7, 11) is -0.635. The molecule has 2 aromatic rings. The monoisotopic (exact) mass is 447 g/mol. The lowest BCUT2D eigenvalue weighted by molar-refractivity contribution is 0.0587. The van der Waals surface area contributed by atoms with Crippen LogP contribution in [0.1, 0.15) is 20.7 Å². The molecule has 0 saturated carbocycles. The average Bonchev–Trinajstić information content (AvgIpc) is 2.68. The molecule has 0 saturated heterocycles. The Bertz CT molecular complexity index is 1040. The van der Waals surface area contributed by atoms with E-state index in [4.69, 9.17) is 27.9 Å². The van der Waals surface area contributed by atoms with Crippen LogP contribution in [0.25, 0.3) is 0 Å². The van der Waals surface area contributed by atoms with Gasteiger partial charge in [-0.05, 0) is 30.3 Å². The summed E-state index contributed by atoms with van der Waals surface area (Å²) in [6.45, 7) is 0. The Labute approximate surface area is 171 Å². The lowest BCUT2D eigenvalue weighted by atomic mass is 10.1. The summed E-state index contributed by atoms with van der Waals surface area (Å²) >= 11 is 12.1. The molecule has 150 valence electrons. The van der Waals surface area contributed by atoms with Gasteiger partial charge in [-0.25, -0.2) is 18.0 Å². The molecule has 28 heavy (non-hydrogen) atoms. The topological polar surface area (TPSA) is 108 Å². The Kier molecular flexibility index (Phi) is 6.76. The van der Waals surface area contributed by atoms with E-state index < -0.39 is 22.0 Å². The molecule has 8 nitrogen and oxygen atoms in total. The first kappa shape index (κ1) is 21.8. The number of hydrogen-bond donors (Lipinski definition) is 1. The molecule has 1 N–H and O–H groups in total. The van der Waals surface area contributed by atoms with Crippen LogP contribution in [-0.2, 0) is 19.5 Å². The summed E-state index contributed by atoms with van der Waals surface area (Å²) < 4.78 is 42.1. The van der Waals surface area contributed by atoms with E-state index in [1.165, 1.54) is 38.5 Å². The maximum absolute atomic E-state index is 12.8. The van der Waals surface area contributed by atoms with Crippen molar-refractivity contribution < 1.29 is 32.2 Å². The van der Waals surface area contributed by atoms with Gasteiger partial charge in [0.2, 0.25) is 0 Å².